The summed E-state index contributed by atoms with van der Waals surface area (Å²) in [5.41, 5.74) is 0.863. The van der Waals surface area contributed by atoms with Crippen molar-refractivity contribution in [2.24, 2.45) is 0 Å². The van der Waals surface area contributed by atoms with Crippen LogP contribution in [0.4, 0.5) is 5.82 Å². The molecule has 6 heteroatoms. The summed E-state index contributed by atoms with van der Waals surface area (Å²) in [5.74, 6) is 1.17. The highest BCUT2D eigenvalue weighted by Gasteiger charge is 2.53. The van der Waals surface area contributed by atoms with Crippen LogP contribution >= 0.6 is 15.9 Å². The molecular weight excluding hydrogens is 368 g/mol. The van der Waals surface area contributed by atoms with E-state index in [0.29, 0.717) is 0 Å². The summed E-state index contributed by atoms with van der Waals surface area (Å²) in [5, 5.41) is 0. The number of piperazine rings is 1. The van der Waals surface area contributed by atoms with Crippen LogP contribution in [-0.4, -0.2) is 47.0 Å². The fourth-order valence-electron chi connectivity index (χ4n) is 3.42. The molecule has 0 N–H and O–H groups in total. The molecule has 2 fully saturated rings. The lowest BCUT2D eigenvalue weighted by atomic mass is 9.94. The van der Waals surface area contributed by atoms with Gasteiger partial charge >= 0.3 is 0 Å². The molecule has 0 atom stereocenters. The monoisotopic (exact) mass is 386 g/mol. The fourth-order valence-corrected chi connectivity index (χ4v) is 3.68. The fraction of sp³-hybridized carbons (Fsp3) is 0.389. The summed E-state index contributed by atoms with van der Waals surface area (Å²) in [6, 6.07) is 8.19. The van der Waals surface area contributed by atoms with Gasteiger partial charge in [-0.05, 0) is 30.5 Å². The second-order valence-electron chi connectivity index (χ2n) is 6.43. The van der Waals surface area contributed by atoms with Crippen LogP contribution < -0.4 is 4.90 Å². The highest BCUT2D eigenvalue weighted by Crippen LogP contribution is 2.49. The Morgan fingerprint density at radius 2 is 1.75 bits per heavy atom. The van der Waals surface area contributed by atoms with Crippen molar-refractivity contribution in [2.75, 3.05) is 31.1 Å². The normalized spacial score (nSPS) is 19.2. The number of benzene rings is 1. The molecule has 4 rings (SSSR count). The lowest BCUT2D eigenvalue weighted by molar-refractivity contribution is -0.134. The van der Waals surface area contributed by atoms with Gasteiger partial charge in [-0.2, -0.15) is 0 Å². The Balaban J connectivity index is 1.44. The lowest BCUT2D eigenvalue weighted by Crippen LogP contribution is -2.51. The standard InChI is InChI=1S/C18H19BrN4O/c19-15-3-1-14(2-4-15)18(5-6-18)17(24)23-11-9-22(10-12-23)16-13-20-7-8-21-16/h1-4,7-8,13H,5-6,9-12H2. The molecule has 24 heavy (non-hydrogen) atoms. The molecule has 0 spiro atoms. The number of rotatable bonds is 3. The van der Waals surface area contributed by atoms with E-state index in [4.69, 9.17) is 0 Å². The highest BCUT2D eigenvalue weighted by molar-refractivity contribution is 9.10. The van der Waals surface area contributed by atoms with E-state index in [0.717, 1.165) is 54.9 Å². The molecular formula is C18H19BrN4O. The number of aromatic nitrogens is 2. The van der Waals surface area contributed by atoms with Gasteiger partial charge in [0, 0.05) is 43.0 Å². The second kappa shape index (κ2) is 6.16. The average molecular weight is 387 g/mol. The van der Waals surface area contributed by atoms with E-state index >= 15 is 0 Å². The average Bonchev–Trinajstić information content (AvgIpc) is 3.44. The Morgan fingerprint density at radius 3 is 2.33 bits per heavy atom. The molecule has 1 amide bonds. The Hall–Kier alpha value is -1.95. The molecule has 5 nitrogen and oxygen atoms in total. The largest absolute Gasteiger partial charge is 0.352 e. The van der Waals surface area contributed by atoms with Crippen LogP contribution in [0.3, 0.4) is 0 Å². The molecule has 2 aliphatic rings. The first-order chi connectivity index (χ1) is 11.7. The van der Waals surface area contributed by atoms with Gasteiger partial charge in [0.1, 0.15) is 5.82 Å². The van der Waals surface area contributed by atoms with Crippen molar-refractivity contribution >= 4 is 27.7 Å². The molecule has 124 valence electrons. The zero-order chi connectivity index (χ0) is 16.6. The van der Waals surface area contributed by atoms with Crippen molar-refractivity contribution in [1.29, 1.82) is 0 Å². The molecule has 0 radical (unpaired) electrons. The van der Waals surface area contributed by atoms with Crippen molar-refractivity contribution in [3.8, 4) is 0 Å². The first-order valence-corrected chi connectivity index (χ1v) is 9.05. The van der Waals surface area contributed by atoms with Crippen LogP contribution in [-0.2, 0) is 10.2 Å². The third-order valence-corrected chi connectivity index (χ3v) is 5.53. The van der Waals surface area contributed by atoms with Crippen molar-refractivity contribution in [3.63, 3.8) is 0 Å². The van der Waals surface area contributed by atoms with Gasteiger partial charge in [-0.1, -0.05) is 28.1 Å². The molecule has 1 aromatic carbocycles. The van der Waals surface area contributed by atoms with Gasteiger partial charge in [0.15, 0.2) is 0 Å². The first kappa shape index (κ1) is 15.6. The number of carbonyl (C=O) groups excluding carboxylic acids is 1. The number of halogens is 1. The van der Waals surface area contributed by atoms with Gasteiger partial charge in [0.2, 0.25) is 5.91 Å². The number of hydrogen-bond acceptors (Lipinski definition) is 4. The Morgan fingerprint density at radius 1 is 1.04 bits per heavy atom. The molecule has 1 aliphatic heterocycles. The molecule has 0 bridgehead atoms. The van der Waals surface area contributed by atoms with E-state index in [2.05, 4.69) is 42.9 Å². The number of carbonyl (C=O) groups is 1. The van der Waals surface area contributed by atoms with Gasteiger partial charge < -0.3 is 9.80 Å². The number of anilines is 1. The summed E-state index contributed by atoms with van der Waals surface area (Å²) in [6.07, 6.45) is 7.08. The predicted molar refractivity (Wildman–Crippen MR) is 95.9 cm³/mol. The van der Waals surface area contributed by atoms with Crippen molar-refractivity contribution in [1.82, 2.24) is 14.9 Å². The van der Waals surface area contributed by atoms with Crippen molar-refractivity contribution in [2.45, 2.75) is 18.3 Å². The zero-order valence-corrected chi connectivity index (χ0v) is 14.9. The Labute approximate surface area is 149 Å². The maximum atomic E-state index is 13.1. The van der Waals surface area contributed by atoms with E-state index in [9.17, 15) is 4.79 Å². The van der Waals surface area contributed by atoms with Crippen molar-refractivity contribution in [3.05, 3.63) is 52.9 Å². The zero-order valence-electron chi connectivity index (χ0n) is 13.4. The minimum atomic E-state index is -0.282. The van der Waals surface area contributed by atoms with Gasteiger partial charge in [-0.15, -0.1) is 0 Å². The highest BCUT2D eigenvalue weighted by atomic mass is 79.9. The van der Waals surface area contributed by atoms with E-state index in [1.54, 1.807) is 18.6 Å². The van der Waals surface area contributed by atoms with E-state index < -0.39 is 0 Å². The summed E-state index contributed by atoms with van der Waals surface area (Å²) < 4.78 is 1.05. The van der Waals surface area contributed by atoms with Gasteiger partial charge in [0.05, 0.1) is 11.6 Å². The number of hydrogen-bond donors (Lipinski definition) is 0. The maximum Gasteiger partial charge on any atom is 0.233 e. The Bertz CT molecular complexity index is 722. The number of amides is 1. The second-order valence-corrected chi connectivity index (χ2v) is 7.35. The third kappa shape index (κ3) is 2.79. The predicted octanol–water partition coefficient (Wildman–Crippen LogP) is 2.62. The van der Waals surface area contributed by atoms with Crippen LogP contribution in [0.1, 0.15) is 18.4 Å². The quantitative estimate of drug-likeness (QED) is 0.813. The molecule has 0 unspecified atom stereocenters. The van der Waals surface area contributed by atoms with Crippen molar-refractivity contribution < 1.29 is 4.79 Å². The van der Waals surface area contributed by atoms with E-state index in [-0.39, 0.29) is 11.3 Å². The van der Waals surface area contributed by atoms with Crippen LogP contribution in [0, 0.1) is 0 Å². The molecule has 2 heterocycles. The minimum Gasteiger partial charge on any atom is -0.352 e. The third-order valence-electron chi connectivity index (χ3n) is 5.00. The Kier molecular flexibility index (Phi) is 4.00. The van der Waals surface area contributed by atoms with Crippen LogP contribution in [0.15, 0.2) is 47.3 Å². The van der Waals surface area contributed by atoms with Crippen LogP contribution in [0.5, 0.6) is 0 Å². The van der Waals surface area contributed by atoms with Crippen LogP contribution in [0.25, 0.3) is 0 Å². The summed E-state index contributed by atoms with van der Waals surface area (Å²) in [7, 11) is 0. The molecule has 1 saturated carbocycles. The first-order valence-electron chi connectivity index (χ1n) is 8.25. The summed E-state index contributed by atoms with van der Waals surface area (Å²) >= 11 is 3.46. The molecule has 2 aromatic rings. The van der Waals surface area contributed by atoms with E-state index in [1.807, 2.05) is 17.0 Å². The molecule has 1 aromatic heterocycles. The van der Waals surface area contributed by atoms with Gasteiger partial charge in [0.25, 0.3) is 0 Å². The van der Waals surface area contributed by atoms with Gasteiger partial charge in [-0.25, -0.2) is 4.98 Å². The molecule has 1 aliphatic carbocycles. The van der Waals surface area contributed by atoms with Gasteiger partial charge in [-0.3, -0.25) is 9.78 Å². The SMILES string of the molecule is O=C(N1CCN(c2cnccn2)CC1)C1(c2ccc(Br)cc2)CC1. The summed E-state index contributed by atoms with van der Waals surface area (Å²) in [6.45, 7) is 3.10. The smallest absolute Gasteiger partial charge is 0.233 e. The summed E-state index contributed by atoms with van der Waals surface area (Å²) in [4.78, 5) is 25.8. The molecule has 1 saturated heterocycles. The van der Waals surface area contributed by atoms with Crippen LogP contribution in [0.2, 0.25) is 0 Å². The lowest BCUT2D eigenvalue weighted by Gasteiger charge is -2.37. The maximum absolute atomic E-state index is 13.1. The minimum absolute atomic E-state index is 0.281. The number of nitrogens with zero attached hydrogens (tertiary/aromatic N) is 4. The topological polar surface area (TPSA) is 49.3 Å². The van der Waals surface area contributed by atoms with E-state index in [1.165, 1.54) is 0 Å².